The lowest BCUT2D eigenvalue weighted by Crippen LogP contribution is -2.42. The molecule has 0 aliphatic carbocycles. The van der Waals surface area contributed by atoms with Gasteiger partial charge < -0.3 is 14.2 Å². The van der Waals surface area contributed by atoms with E-state index < -0.39 is 0 Å². The Balaban J connectivity index is 1.89. The average molecular weight is 347 g/mol. The van der Waals surface area contributed by atoms with Crippen LogP contribution < -0.4 is 14.9 Å². The minimum atomic E-state index is -0.144. The summed E-state index contributed by atoms with van der Waals surface area (Å²) in [5.41, 5.74) is 3.35. The predicted molar refractivity (Wildman–Crippen MR) is 96.3 cm³/mol. The van der Waals surface area contributed by atoms with Crippen LogP contribution in [0.5, 0.6) is 11.5 Å². The Hall–Kier alpha value is -2.38. The van der Waals surface area contributed by atoms with Gasteiger partial charge >= 0.3 is 0 Å². The fourth-order valence-electron chi connectivity index (χ4n) is 2.32. The van der Waals surface area contributed by atoms with Crippen LogP contribution in [0, 0.1) is 0 Å². The largest absolute Gasteiger partial charge is 0.490 e. The van der Waals surface area contributed by atoms with E-state index in [1.165, 1.54) is 0 Å². The Morgan fingerprint density at radius 3 is 2.88 bits per heavy atom. The van der Waals surface area contributed by atoms with Crippen LogP contribution in [-0.2, 0) is 9.53 Å². The number of hydrogen-bond acceptors (Lipinski definition) is 6. The summed E-state index contributed by atoms with van der Waals surface area (Å²) in [6, 6.07) is 5.48. The molecule has 0 spiro atoms. The van der Waals surface area contributed by atoms with Crippen LogP contribution in [0.25, 0.3) is 0 Å². The van der Waals surface area contributed by atoms with E-state index in [0.29, 0.717) is 44.5 Å². The molecule has 1 fully saturated rings. The number of benzene rings is 1. The number of nitrogens with one attached hydrogen (secondary N) is 1. The summed E-state index contributed by atoms with van der Waals surface area (Å²) in [5.74, 6) is 1.14. The monoisotopic (exact) mass is 347 g/mol. The highest BCUT2D eigenvalue weighted by Crippen LogP contribution is 2.28. The zero-order chi connectivity index (χ0) is 17.9. The van der Waals surface area contributed by atoms with E-state index in [-0.39, 0.29) is 5.91 Å². The predicted octanol–water partition coefficient (Wildman–Crippen LogP) is 1.43. The first-order valence-corrected chi connectivity index (χ1v) is 8.35. The van der Waals surface area contributed by atoms with Crippen molar-refractivity contribution in [2.45, 2.75) is 6.92 Å². The van der Waals surface area contributed by atoms with Gasteiger partial charge in [-0.05, 0) is 30.7 Å². The fourth-order valence-corrected chi connectivity index (χ4v) is 2.32. The summed E-state index contributed by atoms with van der Waals surface area (Å²) in [7, 11) is 0. The van der Waals surface area contributed by atoms with Crippen LogP contribution in [-0.4, -0.2) is 63.1 Å². The van der Waals surface area contributed by atoms with Gasteiger partial charge in [0.05, 0.1) is 32.6 Å². The number of morpholine rings is 1. The Morgan fingerprint density at radius 2 is 2.16 bits per heavy atom. The Bertz CT molecular complexity index is 598. The molecule has 0 aromatic heterocycles. The van der Waals surface area contributed by atoms with Gasteiger partial charge in [0.25, 0.3) is 5.91 Å². The molecule has 1 aliphatic rings. The lowest BCUT2D eigenvalue weighted by atomic mass is 10.2. The summed E-state index contributed by atoms with van der Waals surface area (Å²) in [5, 5.41) is 4.01. The highest BCUT2D eigenvalue weighted by Gasteiger charge is 2.13. The molecule has 2 rings (SSSR count). The molecule has 0 bridgehead atoms. The molecule has 1 aromatic carbocycles. The van der Waals surface area contributed by atoms with Crippen molar-refractivity contribution in [2.24, 2.45) is 5.10 Å². The quantitative estimate of drug-likeness (QED) is 0.416. The highest BCUT2D eigenvalue weighted by atomic mass is 16.5. The Labute approximate surface area is 148 Å². The SMILES string of the molecule is C=CCOc1ccc(C=NNC(=O)CN2CCOCC2)cc1OCC. The second kappa shape index (κ2) is 10.5. The zero-order valence-electron chi connectivity index (χ0n) is 14.6. The van der Waals surface area contributed by atoms with Crippen LogP contribution in [0.4, 0.5) is 0 Å². The van der Waals surface area contributed by atoms with E-state index in [1.807, 2.05) is 30.0 Å². The van der Waals surface area contributed by atoms with E-state index in [9.17, 15) is 4.79 Å². The van der Waals surface area contributed by atoms with Gasteiger partial charge in [-0.3, -0.25) is 9.69 Å². The third-order valence-corrected chi connectivity index (χ3v) is 3.50. The summed E-state index contributed by atoms with van der Waals surface area (Å²) in [6.07, 6.45) is 3.26. The Kier molecular flexibility index (Phi) is 7.94. The average Bonchev–Trinajstić information content (AvgIpc) is 2.62. The first-order chi connectivity index (χ1) is 12.2. The van der Waals surface area contributed by atoms with Crippen LogP contribution in [0.3, 0.4) is 0 Å². The number of carbonyl (C=O) groups excluding carboxylic acids is 1. The molecule has 1 saturated heterocycles. The van der Waals surface area contributed by atoms with Crippen molar-refractivity contribution >= 4 is 12.1 Å². The molecule has 136 valence electrons. The molecule has 0 atom stereocenters. The van der Waals surface area contributed by atoms with Crippen molar-refractivity contribution in [3.8, 4) is 11.5 Å². The first kappa shape index (κ1) is 19.0. The molecule has 0 saturated carbocycles. The molecule has 0 radical (unpaired) electrons. The number of ether oxygens (including phenoxy) is 3. The number of hydrazone groups is 1. The van der Waals surface area contributed by atoms with Gasteiger partial charge in [0.2, 0.25) is 0 Å². The van der Waals surface area contributed by atoms with Crippen LogP contribution >= 0.6 is 0 Å². The van der Waals surface area contributed by atoms with E-state index in [0.717, 1.165) is 18.7 Å². The lowest BCUT2D eigenvalue weighted by Gasteiger charge is -2.25. The number of amides is 1. The third kappa shape index (κ3) is 6.56. The zero-order valence-corrected chi connectivity index (χ0v) is 14.6. The molecule has 1 aliphatic heterocycles. The van der Waals surface area contributed by atoms with E-state index in [4.69, 9.17) is 14.2 Å². The number of carbonyl (C=O) groups is 1. The smallest absolute Gasteiger partial charge is 0.254 e. The summed E-state index contributed by atoms with van der Waals surface area (Å²) in [6.45, 7) is 9.65. The van der Waals surface area contributed by atoms with E-state index in [2.05, 4.69) is 17.1 Å². The van der Waals surface area contributed by atoms with Gasteiger partial charge in [0, 0.05) is 13.1 Å². The van der Waals surface area contributed by atoms with Crippen molar-refractivity contribution in [1.29, 1.82) is 0 Å². The number of rotatable bonds is 9. The molecule has 0 unspecified atom stereocenters. The number of nitrogens with zero attached hydrogens (tertiary/aromatic N) is 2. The Morgan fingerprint density at radius 1 is 1.36 bits per heavy atom. The van der Waals surface area contributed by atoms with Gasteiger partial charge in [-0.2, -0.15) is 5.10 Å². The topological polar surface area (TPSA) is 72.4 Å². The molecule has 1 aromatic rings. The van der Waals surface area contributed by atoms with Crippen molar-refractivity contribution in [3.63, 3.8) is 0 Å². The molecule has 1 N–H and O–H groups in total. The van der Waals surface area contributed by atoms with E-state index >= 15 is 0 Å². The maximum atomic E-state index is 11.9. The number of hydrogen-bond donors (Lipinski definition) is 1. The van der Waals surface area contributed by atoms with E-state index in [1.54, 1.807) is 12.3 Å². The van der Waals surface area contributed by atoms with Crippen molar-refractivity contribution in [1.82, 2.24) is 10.3 Å². The maximum Gasteiger partial charge on any atom is 0.254 e. The van der Waals surface area contributed by atoms with Crippen molar-refractivity contribution in [2.75, 3.05) is 46.1 Å². The molecular formula is C18H25N3O4. The maximum absolute atomic E-state index is 11.9. The van der Waals surface area contributed by atoms with Gasteiger partial charge in [-0.25, -0.2) is 5.43 Å². The first-order valence-electron chi connectivity index (χ1n) is 8.35. The van der Waals surface area contributed by atoms with Crippen molar-refractivity contribution < 1.29 is 19.0 Å². The van der Waals surface area contributed by atoms with Crippen LogP contribution in [0.2, 0.25) is 0 Å². The fraction of sp³-hybridized carbons (Fsp3) is 0.444. The van der Waals surface area contributed by atoms with Gasteiger partial charge in [-0.1, -0.05) is 12.7 Å². The summed E-state index contributed by atoms with van der Waals surface area (Å²) < 4.78 is 16.4. The van der Waals surface area contributed by atoms with Crippen molar-refractivity contribution in [3.05, 3.63) is 36.4 Å². The molecule has 25 heavy (non-hydrogen) atoms. The summed E-state index contributed by atoms with van der Waals surface area (Å²) in [4.78, 5) is 13.9. The molecule has 1 amide bonds. The van der Waals surface area contributed by atoms with Gasteiger partial charge in [-0.15, -0.1) is 0 Å². The standard InChI is InChI=1S/C18H25N3O4/c1-3-9-25-16-6-5-15(12-17(16)24-4-2)13-19-20-18(22)14-21-7-10-23-11-8-21/h3,5-6,12-13H,1,4,7-11,14H2,2H3,(H,20,22). The molecule has 7 heteroatoms. The van der Waals surface area contributed by atoms with Crippen LogP contribution in [0.1, 0.15) is 12.5 Å². The normalized spacial score (nSPS) is 15.1. The van der Waals surface area contributed by atoms with Gasteiger partial charge in [0.1, 0.15) is 6.61 Å². The molecule has 7 nitrogen and oxygen atoms in total. The minimum absolute atomic E-state index is 0.144. The van der Waals surface area contributed by atoms with Gasteiger partial charge in [0.15, 0.2) is 11.5 Å². The summed E-state index contributed by atoms with van der Waals surface area (Å²) >= 11 is 0. The van der Waals surface area contributed by atoms with Crippen LogP contribution in [0.15, 0.2) is 36.0 Å². The lowest BCUT2D eigenvalue weighted by molar-refractivity contribution is -0.123. The highest BCUT2D eigenvalue weighted by molar-refractivity contribution is 5.83. The second-order valence-electron chi connectivity index (χ2n) is 5.42. The molecular weight excluding hydrogens is 322 g/mol. The third-order valence-electron chi connectivity index (χ3n) is 3.50. The second-order valence-corrected chi connectivity index (χ2v) is 5.42. The molecule has 1 heterocycles. The minimum Gasteiger partial charge on any atom is -0.490 e.